The van der Waals surface area contributed by atoms with Gasteiger partial charge in [0.2, 0.25) is 0 Å². The molecule has 0 aliphatic carbocycles. The molecule has 5 nitrogen and oxygen atoms in total. The summed E-state index contributed by atoms with van der Waals surface area (Å²) in [6.07, 6.45) is 0. The lowest BCUT2D eigenvalue weighted by molar-refractivity contribution is 0.125. The molecule has 2 atom stereocenters. The van der Waals surface area contributed by atoms with Crippen molar-refractivity contribution in [2.24, 2.45) is 5.73 Å². The van der Waals surface area contributed by atoms with Crippen molar-refractivity contribution in [3.63, 3.8) is 0 Å². The maximum Gasteiger partial charge on any atom is 0.144 e. The predicted octanol–water partition coefficient (Wildman–Crippen LogP) is -1.71. The Morgan fingerprint density at radius 3 is 2.29 bits per heavy atom. The molecule has 0 radical (unpaired) electrons. The third-order valence-corrected chi connectivity index (χ3v) is 2.74. The molecule has 0 aromatic heterocycles. The number of nitrogens with zero attached hydrogens (tertiary/aromatic N) is 2. The summed E-state index contributed by atoms with van der Waals surface area (Å²) in [5.41, 5.74) is 4.71. The minimum atomic E-state index is -0.931. The topological polar surface area (TPSA) is 84.2 Å². The molecular weight excluding hydrogens is 206 g/mol. The van der Waals surface area contributed by atoms with E-state index in [2.05, 4.69) is 16.8 Å². The van der Waals surface area contributed by atoms with Crippen molar-refractivity contribution < 1.29 is 10.6 Å². The minimum Gasteiger partial charge on any atom is -0.412 e. The van der Waals surface area contributed by atoms with Crippen LogP contribution >= 0.6 is 11.6 Å². The van der Waals surface area contributed by atoms with Crippen molar-refractivity contribution in [3.8, 4) is 0 Å². The van der Waals surface area contributed by atoms with Crippen LogP contribution in [0.2, 0.25) is 0 Å². The van der Waals surface area contributed by atoms with Gasteiger partial charge in [-0.05, 0) is 7.05 Å². The van der Waals surface area contributed by atoms with E-state index in [1.807, 2.05) is 0 Å². The van der Waals surface area contributed by atoms with Crippen molar-refractivity contribution in [1.82, 2.24) is 9.80 Å². The summed E-state index contributed by atoms with van der Waals surface area (Å²) in [6, 6.07) is -0.343. The highest BCUT2D eigenvalue weighted by Crippen LogP contribution is 2.03. The van der Waals surface area contributed by atoms with E-state index >= 15 is 0 Å². The minimum absolute atomic E-state index is 0. The van der Waals surface area contributed by atoms with Gasteiger partial charge in [-0.25, -0.2) is 0 Å². The van der Waals surface area contributed by atoms with Gasteiger partial charge in [0, 0.05) is 32.7 Å². The molecule has 0 bridgehead atoms. The standard InChI is InChI=1S/C8H18ClN3O.H2O/c1-11-2-4-12(5-3-11)6-7(10)8(9)13;/h7-8,13H,2-6,10H2,1H3;1H2. The largest absolute Gasteiger partial charge is 0.412 e. The summed E-state index contributed by atoms with van der Waals surface area (Å²) in [4.78, 5) is 4.51. The number of rotatable bonds is 3. The zero-order valence-electron chi connectivity index (χ0n) is 8.49. The van der Waals surface area contributed by atoms with Crippen LogP contribution in [-0.4, -0.2) is 71.8 Å². The Kier molecular flexibility index (Phi) is 6.59. The van der Waals surface area contributed by atoms with Crippen LogP contribution in [-0.2, 0) is 0 Å². The lowest BCUT2D eigenvalue weighted by Crippen LogP contribution is -2.50. The molecule has 1 fully saturated rings. The average molecular weight is 226 g/mol. The lowest BCUT2D eigenvalue weighted by atomic mass is 10.2. The second kappa shape index (κ2) is 6.55. The maximum absolute atomic E-state index is 9.01. The molecule has 0 saturated carbocycles. The Morgan fingerprint density at radius 1 is 1.36 bits per heavy atom. The number of halogens is 1. The number of hydrogen-bond acceptors (Lipinski definition) is 4. The second-order valence-corrected chi connectivity index (χ2v) is 4.09. The summed E-state index contributed by atoms with van der Waals surface area (Å²) < 4.78 is 0. The van der Waals surface area contributed by atoms with E-state index in [0.717, 1.165) is 26.2 Å². The molecule has 14 heavy (non-hydrogen) atoms. The van der Waals surface area contributed by atoms with E-state index in [-0.39, 0.29) is 11.5 Å². The Labute approximate surface area is 89.7 Å². The van der Waals surface area contributed by atoms with Crippen molar-refractivity contribution in [2.75, 3.05) is 39.8 Å². The summed E-state index contributed by atoms with van der Waals surface area (Å²) in [5, 5.41) is 9.01. The third-order valence-electron chi connectivity index (χ3n) is 2.42. The van der Waals surface area contributed by atoms with E-state index in [1.54, 1.807) is 0 Å². The van der Waals surface area contributed by atoms with E-state index in [4.69, 9.17) is 22.4 Å². The summed E-state index contributed by atoms with van der Waals surface area (Å²) in [6.45, 7) is 4.82. The molecule has 1 aliphatic heterocycles. The van der Waals surface area contributed by atoms with Crippen LogP contribution < -0.4 is 5.73 Å². The normalized spacial score (nSPS) is 24.0. The zero-order valence-corrected chi connectivity index (χ0v) is 9.24. The fraction of sp³-hybridized carbons (Fsp3) is 1.00. The van der Waals surface area contributed by atoms with Gasteiger partial charge >= 0.3 is 0 Å². The van der Waals surface area contributed by atoms with E-state index < -0.39 is 5.56 Å². The van der Waals surface area contributed by atoms with Crippen LogP contribution in [0.15, 0.2) is 0 Å². The van der Waals surface area contributed by atoms with Gasteiger partial charge in [0.05, 0.1) is 6.04 Å². The number of piperazine rings is 1. The number of aliphatic hydroxyl groups is 1. The molecule has 0 spiro atoms. The van der Waals surface area contributed by atoms with Crippen molar-refractivity contribution >= 4 is 11.6 Å². The number of hydrogen-bond donors (Lipinski definition) is 2. The molecule has 86 valence electrons. The highest BCUT2D eigenvalue weighted by atomic mass is 35.5. The van der Waals surface area contributed by atoms with Crippen LogP contribution in [0.5, 0.6) is 0 Å². The van der Waals surface area contributed by atoms with E-state index in [1.165, 1.54) is 0 Å². The summed E-state index contributed by atoms with van der Waals surface area (Å²) >= 11 is 5.47. The number of alkyl halides is 1. The fourth-order valence-corrected chi connectivity index (χ4v) is 1.50. The second-order valence-electron chi connectivity index (χ2n) is 3.64. The Morgan fingerprint density at radius 2 is 1.86 bits per heavy atom. The van der Waals surface area contributed by atoms with Gasteiger partial charge in [-0.2, -0.15) is 0 Å². The van der Waals surface area contributed by atoms with E-state index in [9.17, 15) is 0 Å². The monoisotopic (exact) mass is 225 g/mol. The first-order valence-electron chi connectivity index (χ1n) is 4.58. The van der Waals surface area contributed by atoms with Gasteiger partial charge in [0.25, 0.3) is 0 Å². The van der Waals surface area contributed by atoms with Crippen LogP contribution in [0.4, 0.5) is 0 Å². The van der Waals surface area contributed by atoms with Gasteiger partial charge in [-0.1, -0.05) is 11.6 Å². The summed E-state index contributed by atoms with van der Waals surface area (Å²) in [5.74, 6) is 0. The molecule has 1 heterocycles. The van der Waals surface area contributed by atoms with Crippen molar-refractivity contribution in [2.45, 2.75) is 11.6 Å². The van der Waals surface area contributed by atoms with Gasteiger partial charge in [0.15, 0.2) is 0 Å². The Balaban J connectivity index is 0.00000169. The molecule has 0 aromatic carbocycles. The molecular formula is C8H20ClN3O2. The summed E-state index contributed by atoms with van der Waals surface area (Å²) in [7, 11) is 2.10. The molecule has 0 aromatic rings. The predicted molar refractivity (Wildman–Crippen MR) is 57.4 cm³/mol. The molecule has 1 saturated heterocycles. The first-order chi connectivity index (χ1) is 6.09. The van der Waals surface area contributed by atoms with Crippen LogP contribution in [0.1, 0.15) is 0 Å². The first kappa shape index (κ1) is 14.1. The Hall–Kier alpha value is 0.0900. The maximum atomic E-state index is 9.01. The van der Waals surface area contributed by atoms with Crippen molar-refractivity contribution in [3.05, 3.63) is 0 Å². The Bertz CT molecular complexity index is 152. The number of aliphatic hydroxyl groups excluding tert-OH is 1. The van der Waals surface area contributed by atoms with Gasteiger partial charge in [-0.3, -0.25) is 4.90 Å². The molecule has 0 amide bonds. The average Bonchev–Trinajstić information content (AvgIpc) is 2.08. The van der Waals surface area contributed by atoms with Gasteiger partial charge < -0.3 is 21.2 Å². The quantitative estimate of drug-likeness (QED) is 0.561. The fourth-order valence-electron chi connectivity index (χ4n) is 1.42. The van der Waals surface area contributed by atoms with Gasteiger partial charge in [-0.15, -0.1) is 0 Å². The van der Waals surface area contributed by atoms with Crippen molar-refractivity contribution in [1.29, 1.82) is 0 Å². The van der Waals surface area contributed by atoms with Crippen LogP contribution in [0.25, 0.3) is 0 Å². The first-order valence-corrected chi connectivity index (χ1v) is 5.02. The van der Waals surface area contributed by atoms with E-state index in [0.29, 0.717) is 6.54 Å². The SMILES string of the molecule is CN1CCN(CC(N)C(O)Cl)CC1.O. The zero-order chi connectivity index (χ0) is 9.84. The highest BCUT2D eigenvalue weighted by molar-refractivity contribution is 6.19. The molecule has 6 heteroatoms. The molecule has 2 unspecified atom stereocenters. The lowest BCUT2D eigenvalue weighted by Gasteiger charge is -2.34. The van der Waals surface area contributed by atoms with Crippen LogP contribution in [0, 0.1) is 0 Å². The third kappa shape index (κ3) is 4.54. The van der Waals surface area contributed by atoms with Crippen LogP contribution in [0.3, 0.4) is 0 Å². The molecule has 5 N–H and O–H groups in total. The number of nitrogens with two attached hydrogens (primary N) is 1. The smallest absolute Gasteiger partial charge is 0.144 e. The molecule has 1 aliphatic rings. The molecule has 1 rings (SSSR count). The number of likely N-dealkylation sites (N-methyl/N-ethyl adjacent to an activating group) is 1. The highest BCUT2D eigenvalue weighted by Gasteiger charge is 2.19. The van der Waals surface area contributed by atoms with Gasteiger partial charge in [0.1, 0.15) is 5.56 Å².